The molecule has 0 amide bonds. The minimum Gasteiger partial charge on any atom is -0.508 e. The van der Waals surface area contributed by atoms with E-state index in [4.69, 9.17) is 32.8 Å². The summed E-state index contributed by atoms with van der Waals surface area (Å²) in [7, 11) is 0. The van der Waals surface area contributed by atoms with Gasteiger partial charge in [-0.2, -0.15) is 0 Å². The molecule has 53 heavy (non-hydrogen) atoms. The molecule has 0 unspecified atom stereocenters. The molecule has 15 atom stereocenters. The average Bonchev–Trinajstić information content (AvgIpc) is 3.12. The van der Waals surface area contributed by atoms with Crippen molar-refractivity contribution in [1.29, 1.82) is 0 Å². The Labute approximate surface area is 298 Å². The van der Waals surface area contributed by atoms with Crippen molar-refractivity contribution in [1.82, 2.24) is 0 Å². The van der Waals surface area contributed by atoms with Gasteiger partial charge in [-0.1, -0.05) is 0 Å². The highest BCUT2D eigenvalue weighted by atomic mass is 16.8. The molecule has 0 bridgehead atoms. The lowest BCUT2D eigenvalue weighted by Crippen LogP contribution is -2.65. The third kappa shape index (κ3) is 7.52. The Bertz CT molecular complexity index is 1780. The van der Waals surface area contributed by atoms with Crippen LogP contribution in [-0.4, -0.2) is 167 Å². The fraction of sp³-hybridized carbons (Fsp3) is 0.545. The number of aliphatic hydroxyl groups is 9. The van der Waals surface area contributed by atoms with E-state index in [-0.39, 0.29) is 22.7 Å². The maximum atomic E-state index is 14.0. The third-order valence-corrected chi connectivity index (χ3v) is 9.30. The van der Waals surface area contributed by atoms with Gasteiger partial charge in [-0.25, -0.2) is 0 Å². The molecule has 20 nitrogen and oxygen atoms in total. The van der Waals surface area contributed by atoms with E-state index in [1.165, 1.54) is 31.2 Å². The molecule has 3 aliphatic rings. The second-order valence-corrected chi connectivity index (χ2v) is 12.9. The lowest BCUT2D eigenvalue weighted by molar-refractivity contribution is -0.362. The zero-order valence-corrected chi connectivity index (χ0v) is 27.7. The van der Waals surface area contributed by atoms with Gasteiger partial charge in [0.25, 0.3) is 0 Å². The molecule has 3 fully saturated rings. The second-order valence-electron chi connectivity index (χ2n) is 12.9. The van der Waals surface area contributed by atoms with Crippen molar-refractivity contribution >= 4 is 11.0 Å². The molecule has 0 spiro atoms. The van der Waals surface area contributed by atoms with Gasteiger partial charge in [-0.15, -0.1) is 0 Å². The Morgan fingerprint density at radius 3 is 1.98 bits per heavy atom. The van der Waals surface area contributed by atoms with Crippen LogP contribution in [0.2, 0.25) is 0 Å². The first-order valence-electron chi connectivity index (χ1n) is 16.4. The minimum absolute atomic E-state index is 0.112. The first-order valence-corrected chi connectivity index (χ1v) is 16.4. The van der Waals surface area contributed by atoms with Crippen LogP contribution in [0.4, 0.5) is 0 Å². The number of hydrogen-bond acceptors (Lipinski definition) is 20. The Morgan fingerprint density at radius 2 is 1.30 bits per heavy atom. The van der Waals surface area contributed by atoms with Gasteiger partial charge >= 0.3 is 0 Å². The molecule has 3 saturated heterocycles. The van der Waals surface area contributed by atoms with Crippen LogP contribution in [0.15, 0.2) is 45.6 Å². The summed E-state index contributed by atoms with van der Waals surface area (Å²) in [6.07, 6.45) is -26.1. The predicted octanol–water partition coefficient (Wildman–Crippen LogP) is -3.57. The maximum absolute atomic E-state index is 14.0. The monoisotopic (exact) mass is 756 g/mol. The van der Waals surface area contributed by atoms with E-state index in [0.29, 0.717) is 0 Å². The summed E-state index contributed by atoms with van der Waals surface area (Å²) in [6, 6.07) is 7.05. The SMILES string of the molecule is C[C@H]1O[C@@H](OC[C@@H]2O[C@H](Oc3c(-c4ccc(O)cc4)oc4cc(O)cc(O)c4c3=O)[C@@H](O[C@@H]3O[C@H](CO)[C@@H](O)[C@H](O)[C@@H]3O)[C@H](O)[C@H]2O)[C@H](O)[C@@H](O)[C@@H]1O. The number of phenols is 3. The van der Waals surface area contributed by atoms with Gasteiger partial charge in [-0.3, -0.25) is 4.79 Å². The number of benzene rings is 2. The van der Waals surface area contributed by atoms with Crippen LogP contribution in [0.5, 0.6) is 23.0 Å². The lowest BCUT2D eigenvalue weighted by Gasteiger charge is -2.46. The minimum atomic E-state index is -2.06. The van der Waals surface area contributed by atoms with Gasteiger partial charge in [0.05, 0.1) is 19.3 Å². The number of ether oxygens (including phenoxy) is 6. The standard InChI is InChI=1S/C33H40O20/c1-10-19(38)23(42)26(45)31(48-10)47-9-17-21(40)25(44)30(53-32-27(46)24(43)20(39)16(8-34)50-32)33(51-17)52-29-22(41)18-14(37)6-13(36)7-15(18)49-28(29)11-2-4-12(35)5-3-11/h2-7,10,16-17,19-21,23-27,30-40,42-46H,8-9H2,1H3/t10-,16-,17+,19-,20-,21+,23+,24+,25-,26-,27+,30+,31-,32+,33-/m1/s1. The first-order chi connectivity index (χ1) is 25.1. The molecular weight excluding hydrogens is 716 g/mol. The van der Waals surface area contributed by atoms with E-state index in [1.807, 2.05) is 0 Å². The van der Waals surface area contributed by atoms with Gasteiger partial charge in [-0.05, 0) is 31.2 Å². The number of hydrogen-bond donors (Lipinski definition) is 12. The quantitative estimate of drug-likeness (QED) is 0.100. The van der Waals surface area contributed by atoms with E-state index in [0.717, 1.165) is 12.1 Å². The normalized spacial score (nSPS) is 37.8. The zero-order chi connectivity index (χ0) is 38.5. The fourth-order valence-electron chi connectivity index (χ4n) is 6.25. The first kappa shape index (κ1) is 39.0. The van der Waals surface area contributed by atoms with Crippen LogP contribution in [0.3, 0.4) is 0 Å². The second kappa shape index (κ2) is 15.6. The molecule has 0 aliphatic carbocycles. The van der Waals surface area contributed by atoms with E-state index in [2.05, 4.69) is 0 Å². The number of phenolic OH excluding ortho intramolecular Hbond substituents is 3. The Morgan fingerprint density at radius 1 is 0.679 bits per heavy atom. The summed E-state index contributed by atoms with van der Waals surface area (Å²) in [4.78, 5) is 14.0. The van der Waals surface area contributed by atoms with Gasteiger partial charge in [0.1, 0.15) is 89.3 Å². The molecule has 2 aromatic carbocycles. The number of aromatic hydroxyl groups is 3. The molecule has 0 saturated carbocycles. The van der Waals surface area contributed by atoms with Gasteiger partial charge in [0.15, 0.2) is 24.4 Å². The van der Waals surface area contributed by atoms with Crippen LogP contribution in [-0.2, 0) is 23.7 Å². The van der Waals surface area contributed by atoms with Crippen molar-refractivity contribution < 1.29 is 94.1 Å². The Balaban J connectivity index is 1.39. The molecule has 4 heterocycles. The Hall–Kier alpha value is -3.71. The largest absolute Gasteiger partial charge is 0.508 e. The molecule has 20 heteroatoms. The van der Waals surface area contributed by atoms with Crippen molar-refractivity contribution in [2.24, 2.45) is 0 Å². The summed E-state index contributed by atoms with van der Waals surface area (Å²) < 4.78 is 40.0. The van der Waals surface area contributed by atoms with Crippen LogP contribution < -0.4 is 10.2 Å². The molecule has 12 N–H and O–H groups in total. The lowest BCUT2D eigenvalue weighted by atomic mass is 9.97. The fourth-order valence-corrected chi connectivity index (χ4v) is 6.25. The van der Waals surface area contributed by atoms with Gasteiger partial charge in [0.2, 0.25) is 17.5 Å². The summed E-state index contributed by atoms with van der Waals surface area (Å²) in [5.74, 6) is -2.39. The number of fused-ring (bicyclic) bond motifs is 1. The van der Waals surface area contributed by atoms with Crippen LogP contribution in [0.1, 0.15) is 6.92 Å². The van der Waals surface area contributed by atoms with Gasteiger partial charge in [0, 0.05) is 17.7 Å². The average molecular weight is 757 g/mol. The molecule has 292 valence electrons. The predicted molar refractivity (Wildman–Crippen MR) is 171 cm³/mol. The molecule has 0 radical (unpaired) electrons. The van der Waals surface area contributed by atoms with Gasteiger partial charge < -0.3 is 94.1 Å². The van der Waals surface area contributed by atoms with E-state index < -0.39 is 133 Å². The number of aliphatic hydroxyl groups excluding tert-OH is 9. The highest BCUT2D eigenvalue weighted by Crippen LogP contribution is 2.38. The van der Waals surface area contributed by atoms with Crippen LogP contribution >= 0.6 is 0 Å². The highest BCUT2D eigenvalue weighted by molar-refractivity contribution is 5.88. The maximum Gasteiger partial charge on any atom is 0.239 e. The van der Waals surface area contributed by atoms with E-state index >= 15 is 0 Å². The van der Waals surface area contributed by atoms with Crippen molar-refractivity contribution in [2.75, 3.05) is 13.2 Å². The van der Waals surface area contributed by atoms with E-state index in [1.54, 1.807) is 0 Å². The summed E-state index contributed by atoms with van der Waals surface area (Å²) in [5, 5.41) is 124. The summed E-state index contributed by atoms with van der Waals surface area (Å²) in [5.41, 5.74) is -1.23. The Kier molecular flexibility index (Phi) is 11.5. The molecule has 1 aromatic heterocycles. The van der Waals surface area contributed by atoms with Crippen LogP contribution in [0, 0.1) is 0 Å². The summed E-state index contributed by atoms with van der Waals surface area (Å²) >= 11 is 0. The van der Waals surface area contributed by atoms with Crippen molar-refractivity contribution in [3.63, 3.8) is 0 Å². The zero-order valence-electron chi connectivity index (χ0n) is 27.7. The molecule has 6 rings (SSSR count). The number of rotatable bonds is 9. The van der Waals surface area contributed by atoms with Crippen molar-refractivity contribution in [2.45, 2.75) is 99.0 Å². The molecular formula is C33H40O20. The molecule has 3 aromatic rings. The van der Waals surface area contributed by atoms with E-state index in [9.17, 15) is 66.1 Å². The van der Waals surface area contributed by atoms with Crippen molar-refractivity contribution in [3.8, 4) is 34.3 Å². The topological polar surface area (TPSA) is 328 Å². The van der Waals surface area contributed by atoms with Crippen molar-refractivity contribution in [3.05, 3.63) is 46.6 Å². The smallest absolute Gasteiger partial charge is 0.239 e. The summed E-state index contributed by atoms with van der Waals surface area (Å²) in [6.45, 7) is -0.140. The third-order valence-electron chi connectivity index (χ3n) is 9.30. The van der Waals surface area contributed by atoms with Crippen LogP contribution in [0.25, 0.3) is 22.3 Å². The highest BCUT2D eigenvalue weighted by Gasteiger charge is 2.52. The molecule has 3 aliphatic heterocycles.